The summed E-state index contributed by atoms with van der Waals surface area (Å²) in [5, 5.41) is 0. The first-order chi connectivity index (χ1) is 28.6. The summed E-state index contributed by atoms with van der Waals surface area (Å²) in [5.74, 6) is -0.319. The van der Waals surface area contributed by atoms with Gasteiger partial charge in [0.05, 0.1) is 34.4 Å². The predicted molar refractivity (Wildman–Crippen MR) is 252 cm³/mol. The van der Waals surface area contributed by atoms with E-state index in [1.54, 1.807) is 0 Å². The molecule has 0 radical (unpaired) electrons. The average molecular weight is 851 g/mol. The van der Waals surface area contributed by atoms with Gasteiger partial charge in [0.25, 0.3) is 0 Å². The topological polar surface area (TPSA) is 91.3 Å². The van der Waals surface area contributed by atoms with Gasteiger partial charge < -0.3 is 18.9 Å². The average Bonchev–Trinajstić information content (AvgIpc) is 3.19. The lowest BCUT2D eigenvalue weighted by molar-refractivity contribution is -0.870. The lowest BCUT2D eigenvalue weighted by Crippen LogP contribution is -2.37. The number of rotatable bonds is 44. The van der Waals surface area contributed by atoms with E-state index in [2.05, 4.69) is 74.6 Å². The molecule has 59 heavy (non-hydrogen) atoms. The Morgan fingerprint density at radius 1 is 0.542 bits per heavy atom. The summed E-state index contributed by atoms with van der Waals surface area (Å²) in [7, 11) is 1.65. The first-order valence-electron chi connectivity index (χ1n) is 24.0. The molecular formula is C50H93NO7P+. The maximum absolute atomic E-state index is 12.7. The van der Waals surface area contributed by atoms with Crippen LogP contribution in [0.5, 0.6) is 0 Å². The number of phosphoric ester groups is 1. The molecular weight excluding hydrogens is 758 g/mol. The first kappa shape index (κ1) is 57.2. The quantitative estimate of drug-likeness (QED) is 0.0215. The lowest BCUT2D eigenvalue weighted by Gasteiger charge is -2.24. The van der Waals surface area contributed by atoms with Gasteiger partial charge in [-0.2, -0.15) is 0 Å². The number of phosphoric acid groups is 1. The Bertz CT molecular complexity index is 1130. The third kappa shape index (κ3) is 47.1. The van der Waals surface area contributed by atoms with E-state index in [4.69, 9.17) is 18.5 Å². The number of carbonyl (C=O) groups excluding carboxylic acids is 1. The largest absolute Gasteiger partial charge is 0.472 e. The minimum absolute atomic E-state index is 0.0841. The molecule has 1 N–H and O–H groups in total. The summed E-state index contributed by atoms with van der Waals surface area (Å²) >= 11 is 0. The molecule has 0 heterocycles. The van der Waals surface area contributed by atoms with Crippen molar-refractivity contribution >= 4 is 13.8 Å². The molecule has 0 aliphatic heterocycles. The van der Waals surface area contributed by atoms with Gasteiger partial charge in [-0.25, -0.2) is 4.57 Å². The smallest absolute Gasteiger partial charge is 0.457 e. The van der Waals surface area contributed by atoms with E-state index in [1.807, 2.05) is 21.1 Å². The van der Waals surface area contributed by atoms with Crippen LogP contribution in [-0.2, 0) is 27.9 Å². The molecule has 0 saturated carbocycles. The molecule has 0 aliphatic carbocycles. The normalized spacial score (nSPS) is 14.2. The second-order valence-corrected chi connectivity index (χ2v) is 18.6. The van der Waals surface area contributed by atoms with Crippen molar-refractivity contribution in [3.8, 4) is 0 Å². The molecule has 0 aromatic carbocycles. The highest BCUT2D eigenvalue weighted by atomic mass is 31.2. The summed E-state index contributed by atoms with van der Waals surface area (Å²) in [6, 6.07) is 0. The number of likely N-dealkylation sites (N-methyl/N-ethyl adjacent to an activating group) is 1. The first-order valence-corrected chi connectivity index (χ1v) is 25.5. The number of nitrogens with zero attached hydrogens (tertiary/aromatic N) is 1. The van der Waals surface area contributed by atoms with E-state index < -0.39 is 13.9 Å². The van der Waals surface area contributed by atoms with Crippen LogP contribution in [0.25, 0.3) is 0 Å². The van der Waals surface area contributed by atoms with Crippen LogP contribution in [-0.4, -0.2) is 75.6 Å². The van der Waals surface area contributed by atoms with E-state index >= 15 is 0 Å². The number of hydrogen-bond donors (Lipinski definition) is 1. The van der Waals surface area contributed by atoms with E-state index in [-0.39, 0.29) is 25.8 Å². The van der Waals surface area contributed by atoms with Gasteiger partial charge in [-0.05, 0) is 57.8 Å². The highest BCUT2D eigenvalue weighted by Crippen LogP contribution is 2.43. The number of hydrogen-bond acceptors (Lipinski definition) is 6. The van der Waals surface area contributed by atoms with Crippen LogP contribution in [0.15, 0.2) is 60.8 Å². The fourth-order valence-corrected chi connectivity index (χ4v) is 7.14. The van der Waals surface area contributed by atoms with Crippen LogP contribution in [0.4, 0.5) is 0 Å². The monoisotopic (exact) mass is 851 g/mol. The van der Waals surface area contributed by atoms with Gasteiger partial charge in [0.2, 0.25) is 0 Å². The molecule has 344 valence electrons. The summed E-state index contributed by atoms with van der Waals surface area (Å²) in [4.78, 5) is 22.9. The Morgan fingerprint density at radius 2 is 0.983 bits per heavy atom. The van der Waals surface area contributed by atoms with E-state index in [0.717, 1.165) is 77.0 Å². The number of allylic oxidation sites excluding steroid dienone is 10. The van der Waals surface area contributed by atoms with E-state index in [9.17, 15) is 14.3 Å². The molecule has 0 fully saturated rings. The van der Waals surface area contributed by atoms with Crippen molar-refractivity contribution < 1.29 is 37.3 Å². The number of quaternary nitrogens is 1. The number of carbonyl (C=O) groups is 1. The Kier molecular flexibility index (Phi) is 41.6. The van der Waals surface area contributed by atoms with Crippen LogP contribution < -0.4 is 0 Å². The minimum Gasteiger partial charge on any atom is -0.457 e. The maximum atomic E-state index is 12.7. The molecule has 0 bridgehead atoms. The molecule has 2 unspecified atom stereocenters. The van der Waals surface area contributed by atoms with Crippen LogP contribution in [0, 0.1) is 0 Å². The van der Waals surface area contributed by atoms with Gasteiger partial charge in [0.1, 0.15) is 19.3 Å². The molecule has 9 heteroatoms. The number of esters is 1. The maximum Gasteiger partial charge on any atom is 0.472 e. The predicted octanol–water partition coefficient (Wildman–Crippen LogP) is 14.5. The molecule has 0 aromatic rings. The molecule has 2 atom stereocenters. The fraction of sp³-hybridized carbons (Fsp3) is 0.780. The third-order valence-corrected chi connectivity index (χ3v) is 11.1. The van der Waals surface area contributed by atoms with Crippen molar-refractivity contribution in [3.05, 3.63) is 60.8 Å². The van der Waals surface area contributed by atoms with Gasteiger partial charge in [0.15, 0.2) is 0 Å². The third-order valence-electron chi connectivity index (χ3n) is 10.1. The van der Waals surface area contributed by atoms with Gasteiger partial charge >= 0.3 is 13.8 Å². The number of unbranched alkanes of at least 4 members (excludes halogenated alkanes) is 20. The van der Waals surface area contributed by atoms with Crippen molar-refractivity contribution in [1.29, 1.82) is 0 Å². The zero-order valence-corrected chi connectivity index (χ0v) is 39.9. The van der Waals surface area contributed by atoms with Crippen molar-refractivity contribution in [3.63, 3.8) is 0 Å². The summed E-state index contributed by atoms with van der Waals surface area (Å²) in [6.45, 7) is 5.48. The molecule has 0 spiro atoms. The summed E-state index contributed by atoms with van der Waals surface area (Å²) in [6.07, 6.45) is 54.0. The second-order valence-electron chi connectivity index (χ2n) is 17.1. The van der Waals surface area contributed by atoms with Gasteiger partial charge in [0, 0.05) is 13.0 Å². The van der Waals surface area contributed by atoms with Crippen LogP contribution in [0.1, 0.15) is 194 Å². The van der Waals surface area contributed by atoms with Crippen molar-refractivity contribution in [2.75, 3.05) is 54.1 Å². The zero-order chi connectivity index (χ0) is 43.4. The molecule has 0 saturated heterocycles. The number of ether oxygens (including phenoxy) is 2. The fourth-order valence-electron chi connectivity index (χ4n) is 6.40. The van der Waals surface area contributed by atoms with Gasteiger partial charge in [-0.3, -0.25) is 13.8 Å². The van der Waals surface area contributed by atoms with Crippen molar-refractivity contribution in [2.45, 2.75) is 200 Å². The van der Waals surface area contributed by atoms with Crippen LogP contribution >= 0.6 is 7.82 Å². The van der Waals surface area contributed by atoms with E-state index in [1.165, 1.54) is 96.3 Å². The lowest BCUT2D eigenvalue weighted by atomic mass is 10.0. The standard InChI is InChI=1S/C50H92NO7P/c1-6-8-10-12-14-16-18-20-22-23-24-25-26-27-28-30-32-34-36-38-40-42-45-55-47-49(48-57-59(53,54)56-46-44-51(3,4)5)58-50(52)43-41-39-37-35-33-31-29-21-19-17-15-13-11-9-7-2/h8,10,14,16,20,22,24-25,27-28,49H,6-7,9,11-13,15,17-19,21,23,26,29-48H2,1-5H3/p+1/b10-8-,16-14-,22-20-,25-24-,28-27-. The zero-order valence-electron chi connectivity index (χ0n) is 39.0. The Hall–Kier alpha value is -1.80. The SMILES string of the molecule is CC/C=C\C/C=C\C/C=C\C/C=C\C/C=C\CCCCCCCCOCC(COP(=O)(O)OCC[N+](C)(C)C)OC(=O)CCCCCCCCCCCCCCCCC. The Balaban J connectivity index is 4.21. The molecule has 0 rings (SSSR count). The summed E-state index contributed by atoms with van der Waals surface area (Å²) < 4.78 is 35.1. The molecule has 0 aromatic heterocycles. The van der Waals surface area contributed by atoms with Crippen LogP contribution in [0.2, 0.25) is 0 Å². The van der Waals surface area contributed by atoms with E-state index in [0.29, 0.717) is 24.1 Å². The van der Waals surface area contributed by atoms with Gasteiger partial charge in [-0.1, -0.05) is 190 Å². The molecule has 8 nitrogen and oxygen atoms in total. The molecule has 0 aliphatic rings. The Labute approximate surface area is 364 Å². The summed E-state index contributed by atoms with van der Waals surface area (Å²) in [5.41, 5.74) is 0. The second kappa shape index (κ2) is 42.9. The van der Waals surface area contributed by atoms with Crippen LogP contribution in [0.3, 0.4) is 0 Å². The minimum atomic E-state index is -4.28. The highest BCUT2D eigenvalue weighted by molar-refractivity contribution is 7.47. The van der Waals surface area contributed by atoms with Crippen molar-refractivity contribution in [2.24, 2.45) is 0 Å². The molecule has 0 amide bonds. The Morgan fingerprint density at radius 3 is 1.47 bits per heavy atom. The highest BCUT2D eigenvalue weighted by Gasteiger charge is 2.26. The van der Waals surface area contributed by atoms with Crippen molar-refractivity contribution in [1.82, 2.24) is 0 Å². The van der Waals surface area contributed by atoms with Gasteiger partial charge in [-0.15, -0.1) is 0 Å².